The maximum atomic E-state index is 13.7. The number of halogens is 4. The third kappa shape index (κ3) is 27.4. The van der Waals surface area contributed by atoms with Crippen LogP contribution in [0.4, 0.5) is 28.9 Å². The Labute approximate surface area is 616 Å². The Morgan fingerprint density at radius 2 is 0.778 bits per heavy atom. The Balaban J connectivity index is 0.000000261. The lowest BCUT2D eigenvalue weighted by Gasteiger charge is -2.27. The molecule has 34 nitrogen and oxygen atoms in total. The third-order valence-electron chi connectivity index (χ3n) is 15.2. The Hall–Kier alpha value is -10.4. The summed E-state index contributed by atoms with van der Waals surface area (Å²) >= 11 is 0. The van der Waals surface area contributed by atoms with E-state index in [1.807, 2.05) is 20.8 Å². The van der Waals surface area contributed by atoms with Crippen LogP contribution in [0.5, 0.6) is 0 Å². The van der Waals surface area contributed by atoms with Gasteiger partial charge in [0.15, 0.2) is 0 Å². The quantitative estimate of drug-likeness (QED) is 0.0160. The van der Waals surface area contributed by atoms with E-state index in [9.17, 15) is 89.5 Å². The molecule has 590 valence electrons. The lowest BCUT2D eigenvalue weighted by atomic mass is 10.0. The molecule has 108 heavy (non-hydrogen) atoms. The summed E-state index contributed by atoms with van der Waals surface area (Å²) in [6.45, 7) is 16.2. The molecule has 6 heterocycles. The first kappa shape index (κ1) is 88.2. The molecule has 0 radical (unpaired) electrons. The van der Waals surface area contributed by atoms with Gasteiger partial charge in [0, 0.05) is 50.3 Å². The van der Waals surface area contributed by atoms with E-state index < -0.39 is 124 Å². The number of esters is 2. The van der Waals surface area contributed by atoms with E-state index in [0.29, 0.717) is 83.9 Å². The predicted molar refractivity (Wildman–Crippen MR) is 366 cm³/mol. The number of piperidine rings is 3. The van der Waals surface area contributed by atoms with E-state index >= 15 is 0 Å². The molecular formula is C70H87F4N9O25. The van der Waals surface area contributed by atoms with Gasteiger partial charge in [-0.25, -0.2) is 4.39 Å². The zero-order chi connectivity index (χ0) is 80.1. The molecular weight excluding hydrogens is 1440 g/mol. The van der Waals surface area contributed by atoms with Crippen molar-refractivity contribution in [2.24, 2.45) is 5.73 Å². The van der Waals surface area contributed by atoms with E-state index in [-0.39, 0.29) is 130 Å². The van der Waals surface area contributed by atoms with Crippen molar-refractivity contribution in [3.8, 4) is 0 Å². The number of nitrogens with two attached hydrogens (primary N) is 1. The van der Waals surface area contributed by atoms with Gasteiger partial charge in [-0.15, -0.1) is 0 Å². The van der Waals surface area contributed by atoms with Gasteiger partial charge in [-0.3, -0.25) is 107 Å². The second kappa shape index (κ2) is 42.2. The lowest BCUT2D eigenvalue weighted by Crippen LogP contribution is -2.54. The number of nitrogens with zero attached hydrogens (tertiary/aromatic N) is 3. The first-order valence-corrected chi connectivity index (χ1v) is 34.0. The molecule has 38 heteroatoms. The maximum absolute atomic E-state index is 13.7. The average molecular weight is 1530 g/mol. The SMILES string of the molecule is CC(C)(C)OC(=O)CCOCCOCCN.CC(C)(C)OC(=O)CCOCCOCCNc1cccc2c1C(=O)N(C1CCC(=O)NC1=O)C2=O.O=C(O)CCOCCOCCNc1cccc2c1C(=O)N(C1CCC(=O)NC1=O)C2=O.O=C1CCC(N2C(=O)c3cccc(F)c3C2=O)C(=O)N1.O=CC(F)(F)F. The first-order chi connectivity index (χ1) is 51.0. The highest BCUT2D eigenvalue weighted by molar-refractivity contribution is 6.27. The van der Waals surface area contributed by atoms with Crippen LogP contribution in [0.1, 0.15) is 161 Å². The monoisotopic (exact) mass is 1530 g/mol. The molecule has 9 rings (SSSR count). The van der Waals surface area contributed by atoms with Crippen molar-refractivity contribution in [1.82, 2.24) is 30.7 Å². The van der Waals surface area contributed by atoms with Gasteiger partial charge in [0.05, 0.1) is 132 Å². The summed E-state index contributed by atoms with van der Waals surface area (Å²) in [5.74, 6) is -9.39. The molecule has 3 atom stereocenters. The molecule has 8 N–H and O–H groups in total. The van der Waals surface area contributed by atoms with E-state index in [1.165, 1.54) is 24.3 Å². The highest BCUT2D eigenvalue weighted by Crippen LogP contribution is 2.35. The minimum atomic E-state index is -4.64. The largest absolute Gasteiger partial charge is 0.481 e. The summed E-state index contributed by atoms with van der Waals surface area (Å²) in [5, 5.41) is 21.1. The van der Waals surface area contributed by atoms with Gasteiger partial charge in [0.1, 0.15) is 35.1 Å². The van der Waals surface area contributed by atoms with Crippen LogP contribution in [-0.4, -0.2) is 249 Å². The molecule has 0 bridgehead atoms. The maximum Gasteiger partial charge on any atom is 0.446 e. The van der Waals surface area contributed by atoms with Crippen LogP contribution >= 0.6 is 0 Å². The number of fused-ring (bicyclic) bond motifs is 3. The van der Waals surface area contributed by atoms with Gasteiger partial charge in [0.25, 0.3) is 35.4 Å². The van der Waals surface area contributed by atoms with Gasteiger partial charge in [-0.05, 0) is 97.2 Å². The van der Waals surface area contributed by atoms with Gasteiger partial charge in [-0.1, -0.05) is 18.2 Å². The second-order valence-corrected chi connectivity index (χ2v) is 25.8. The molecule has 12 amide bonds. The Kier molecular flexibility index (Phi) is 34.5. The van der Waals surface area contributed by atoms with Crippen molar-refractivity contribution in [3.05, 3.63) is 93.8 Å². The van der Waals surface area contributed by atoms with Crippen molar-refractivity contribution < 1.29 is 137 Å². The van der Waals surface area contributed by atoms with E-state index in [1.54, 1.807) is 45.0 Å². The van der Waals surface area contributed by atoms with Gasteiger partial charge in [-0.2, -0.15) is 13.2 Å². The Morgan fingerprint density at radius 3 is 1.08 bits per heavy atom. The molecule has 6 aliphatic heterocycles. The highest BCUT2D eigenvalue weighted by atomic mass is 19.4. The fourth-order valence-electron chi connectivity index (χ4n) is 10.6. The molecule has 3 unspecified atom stereocenters. The molecule has 0 spiro atoms. The molecule has 3 aromatic rings. The van der Waals surface area contributed by atoms with Crippen LogP contribution in [-0.2, 0) is 85.8 Å². The molecule has 6 aliphatic rings. The number of carbonyl (C=O) groups excluding carboxylic acids is 15. The number of nitrogens with one attached hydrogen (secondary N) is 5. The van der Waals surface area contributed by atoms with Gasteiger partial charge >= 0.3 is 24.1 Å². The van der Waals surface area contributed by atoms with Crippen molar-refractivity contribution >= 4 is 106 Å². The number of imide groups is 6. The van der Waals surface area contributed by atoms with E-state index in [0.717, 1.165) is 20.8 Å². The normalized spacial score (nSPS) is 17.4. The summed E-state index contributed by atoms with van der Waals surface area (Å²) in [6, 6.07) is 10.3. The van der Waals surface area contributed by atoms with Crippen LogP contribution in [0.15, 0.2) is 54.6 Å². The Morgan fingerprint density at radius 1 is 0.472 bits per heavy atom. The predicted octanol–water partition coefficient (Wildman–Crippen LogP) is 2.96. The van der Waals surface area contributed by atoms with E-state index in [4.69, 9.17) is 53.5 Å². The zero-order valence-corrected chi connectivity index (χ0v) is 60.2. The number of carboxylic acid groups (broad SMARTS) is 1. The number of carbonyl (C=O) groups is 16. The molecule has 0 aromatic heterocycles. The molecule has 3 aromatic carbocycles. The molecule has 3 fully saturated rings. The standard InChI is InChI=1S/C24H31N3O8.C20H23N3O8.C13H9FN2O4.C11H23NO4.C2HF3O/c1-24(2,3)35-19(29)9-11-33-13-14-34-12-10-25-16-6-4-5-15-20(16)23(32)27(22(15)31)17-7-8-18(28)26-21(17)30;24-15-5-4-14(18(27)22-15)23-19(28)12-2-1-3-13(17(12)20(23)29)21-7-9-31-11-10-30-8-6-16(25)26;14-7-3-1-2-6-10(7)13(20)16(12(6)19)8-4-5-9(17)15-11(8)18;1-11(2,3)16-10(13)4-6-14-8-9-15-7-5-12;3-2(4,5)1-6/h4-6,17,25H,7-14H2,1-3H3,(H,26,28,30);1-3,14,21H,4-11H2,(H,25,26)(H,22,24,27);1-3,8H,4-5H2,(H,15,17,18);4-9,12H2,1-3H3;1H. The van der Waals surface area contributed by atoms with Crippen molar-refractivity contribution in [3.63, 3.8) is 0 Å². The van der Waals surface area contributed by atoms with Gasteiger partial charge in [0.2, 0.25) is 41.7 Å². The second-order valence-electron chi connectivity index (χ2n) is 25.8. The zero-order valence-electron chi connectivity index (χ0n) is 60.2. The number of aliphatic carboxylic acids is 1. The van der Waals surface area contributed by atoms with Crippen molar-refractivity contribution in [1.29, 1.82) is 0 Å². The highest BCUT2D eigenvalue weighted by Gasteiger charge is 2.49. The third-order valence-corrected chi connectivity index (χ3v) is 15.2. The number of alkyl halides is 3. The molecule has 3 saturated heterocycles. The van der Waals surface area contributed by atoms with Crippen LogP contribution in [0.25, 0.3) is 0 Å². The average Bonchev–Trinajstić information content (AvgIpc) is 1.62. The summed E-state index contributed by atoms with van der Waals surface area (Å²) in [4.78, 5) is 190. The van der Waals surface area contributed by atoms with Crippen molar-refractivity contribution in [2.45, 2.75) is 135 Å². The first-order valence-electron chi connectivity index (χ1n) is 34.0. The lowest BCUT2D eigenvalue weighted by molar-refractivity contribution is -0.157. The van der Waals surface area contributed by atoms with Crippen LogP contribution in [0, 0.1) is 5.82 Å². The minimum Gasteiger partial charge on any atom is -0.481 e. The van der Waals surface area contributed by atoms with Crippen molar-refractivity contribution in [2.75, 3.05) is 110 Å². The summed E-state index contributed by atoms with van der Waals surface area (Å²) in [6.07, 6.45) is -4.91. The number of benzene rings is 3. The number of hydrogen-bond acceptors (Lipinski definition) is 27. The van der Waals surface area contributed by atoms with Crippen LogP contribution in [0.3, 0.4) is 0 Å². The number of anilines is 2. The number of carboxylic acids is 1. The summed E-state index contributed by atoms with van der Waals surface area (Å²) in [7, 11) is 0. The number of amides is 12. The van der Waals surface area contributed by atoms with Gasteiger partial charge < -0.3 is 59.4 Å². The number of rotatable bonds is 31. The summed E-state index contributed by atoms with van der Waals surface area (Å²) < 4.78 is 86.9. The van der Waals surface area contributed by atoms with Crippen LogP contribution < -0.4 is 32.3 Å². The van der Waals surface area contributed by atoms with Crippen LogP contribution in [0.2, 0.25) is 0 Å². The number of hydrogen-bond donors (Lipinski definition) is 7. The fourth-order valence-corrected chi connectivity index (χ4v) is 10.6. The fraction of sp³-hybridized carbons (Fsp3) is 0.514. The number of ether oxygens (including phenoxy) is 8. The number of aldehydes is 1. The topological polar surface area (TPSA) is 463 Å². The molecule has 0 saturated carbocycles. The smallest absolute Gasteiger partial charge is 0.446 e. The minimum absolute atomic E-state index is 0.0340. The Bertz CT molecular complexity index is 3800. The van der Waals surface area contributed by atoms with E-state index in [2.05, 4.69) is 26.6 Å². The molecule has 0 aliphatic carbocycles. The summed E-state index contributed by atoms with van der Waals surface area (Å²) in [5.41, 5.74) is 5.64.